The van der Waals surface area contributed by atoms with E-state index in [-0.39, 0.29) is 17.0 Å². The maximum atomic E-state index is 13.4. The third-order valence-electron chi connectivity index (χ3n) is 2.44. The summed E-state index contributed by atoms with van der Waals surface area (Å²) >= 11 is 3.10. The van der Waals surface area contributed by atoms with Crippen molar-refractivity contribution in [2.45, 2.75) is 6.92 Å². The Morgan fingerprint density at radius 3 is 2.65 bits per heavy atom. The van der Waals surface area contributed by atoms with Crippen molar-refractivity contribution >= 4 is 27.4 Å². The molecular formula is C12H9BrFNO2. The highest BCUT2D eigenvalue weighted by atomic mass is 79.9. The summed E-state index contributed by atoms with van der Waals surface area (Å²) < 4.78 is 19.0. The lowest BCUT2D eigenvalue weighted by Gasteiger charge is -2.04. The summed E-state index contributed by atoms with van der Waals surface area (Å²) in [5.41, 5.74) is 6.37. The van der Waals surface area contributed by atoms with Crippen LogP contribution in [0.5, 0.6) is 0 Å². The number of nitrogen functional groups attached to an aromatic ring is 1. The highest BCUT2D eigenvalue weighted by Gasteiger charge is 2.16. The largest absolute Gasteiger partial charge is 0.446 e. The molecule has 0 aliphatic rings. The van der Waals surface area contributed by atoms with Crippen LogP contribution < -0.4 is 5.73 Å². The lowest BCUT2D eigenvalue weighted by Crippen LogP contribution is -2.03. The Hall–Kier alpha value is -1.62. The Labute approximate surface area is 106 Å². The van der Waals surface area contributed by atoms with Crippen molar-refractivity contribution in [2.75, 3.05) is 5.73 Å². The highest BCUT2D eigenvalue weighted by molar-refractivity contribution is 9.10. The first kappa shape index (κ1) is 11.9. The first-order valence-electron chi connectivity index (χ1n) is 4.84. The lowest BCUT2D eigenvalue weighted by molar-refractivity contribution is 0.101. The van der Waals surface area contributed by atoms with Gasteiger partial charge in [-0.3, -0.25) is 4.79 Å². The molecule has 1 heterocycles. The Morgan fingerprint density at radius 1 is 1.41 bits per heavy atom. The minimum atomic E-state index is -0.501. The SMILES string of the molecule is Cc1c(N)cc(C(=O)c2ccc(Br)o2)cc1F. The molecule has 0 amide bonds. The Balaban J connectivity index is 2.44. The van der Waals surface area contributed by atoms with Gasteiger partial charge in [-0.1, -0.05) is 0 Å². The standard InChI is InChI=1S/C12H9BrFNO2/c1-6-8(14)4-7(5-9(6)15)12(16)10-2-3-11(13)17-10/h2-5H,15H2,1H3. The predicted molar refractivity (Wildman–Crippen MR) is 65.4 cm³/mol. The molecule has 0 spiro atoms. The third kappa shape index (κ3) is 2.24. The summed E-state index contributed by atoms with van der Waals surface area (Å²) in [4.78, 5) is 11.9. The second kappa shape index (κ2) is 4.33. The molecule has 0 radical (unpaired) electrons. The molecule has 17 heavy (non-hydrogen) atoms. The molecular weight excluding hydrogens is 289 g/mol. The topological polar surface area (TPSA) is 56.2 Å². The molecule has 2 rings (SSSR count). The van der Waals surface area contributed by atoms with Crippen LogP contribution >= 0.6 is 15.9 Å². The van der Waals surface area contributed by atoms with Crippen LogP contribution in [0.1, 0.15) is 21.7 Å². The van der Waals surface area contributed by atoms with Crippen molar-refractivity contribution in [1.82, 2.24) is 0 Å². The molecule has 2 N–H and O–H groups in total. The molecule has 0 unspecified atom stereocenters. The van der Waals surface area contributed by atoms with Crippen LogP contribution in [0.3, 0.4) is 0 Å². The second-order valence-corrected chi connectivity index (χ2v) is 4.39. The number of benzene rings is 1. The van der Waals surface area contributed by atoms with Crippen LogP contribution in [-0.2, 0) is 0 Å². The fraction of sp³-hybridized carbons (Fsp3) is 0.0833. The summed E-state index contributed by atoms with van der Waals surface area (Å²) in [5, 5.41) is 0. The predicted octanol–water partition coefficient (Wildman–Crippen LogP) is 3.30. The van der Waals surface area contributed by atoms with E-state index < -0.39 is 11.6 Å². The van der Waals surface area contributed by atoms with Gasteiger partial charge < -0.3 is 10.2 Å². The van der Waals surface area contributed by atoms with Gasteiger partial charge in [0.2, 0.25) is 5.78 Å². The molecule has 0 fully saturated rings. The van der Waals surface area contributed by atoms with Gasteiger partial charge in [-0.05, 0) is 47.1 Å². The number of furan rings is 1. The number of nitrogens with two attached hydrogens (primary N) is 1. The van der Waals surface area contributed by atoms with E-state index >= 15 is 0 Å². The van der Waals surface area contributed by atoms with Crippen LogP contribution in [-0.4, -0.2) is 5.78 Å². The molecule has 5 heteroatoms. The zero-order valence-corrected chi connectivity index (χ0v) is 10.5. The highest BCUT2D eigenvalue weighted by Crippen LogP contribution is 2.22. The number of carbonyl (C=O) groups is 1. The van der Waals surface area contributed by atoms with Gasteiger partial charge >= 0.3 is 0 Å². The van der Waals surface area contributed by atoms with Gasteiger partial charge in [0.15, 0.2) is 10.4 Å². The molecule has 0 atom stereocenters. The maximum absolute atomic E-state index is 13.4. The molecule has 0 saturated heterocycles. The van der Waals surface area contributed by atoms with Crippen LogP contribution in [0.25, 0.3) is 0 Å². The Kier molecular flexibility index (Phi) is 3.02. The third-order valence-corrected chi connectivity index (χ3v) is 2.87. The van der Waals surface area contributed by atoms with E-state index in [0.717, 1.165) is 6.07 Å². The van der Waals surface area contributed by atoms with Gasteiger partial charge in [-0.25, -0.2) is 4.39 Å². The van der Waals surface area contributed by atoms with E-state index in [9.17, 15) is 9.18 Å². The van der Waals surface area contributed by atoms with E-state index in [1.54, 1.807) is 13.0 Å². The zero-order valence-electron chi connectivity index (χ0n) is 8.96. The van der Waals surface area contributed by atoms with Crippen LogP contribution in [0.15, 0.2) is 33.4 Å². The molecule has 1 aromatic heterocycles. The van der Waals surface area contributed by atoms with Crippen molar-refractivity contribution in [1.29, 1.82) is 0 Å². The van der Waals surface area contributed by atoms with Crippen LogP contribution in [0.4, 0.5) is 10.1 Å². The van der Waals surface area contributed by atoms with Gasteiger partial charge in [0.05, 0.1) is 0 Å². The number of ketones is 1. The van der Waals surface area contributed by atoms with Gasteiger partial charge in [-0.2, -0.15) is 0 Å². The zero-order chi connectivity index (χ0) is 12.6. The minimum Gasteiger partial charge on any atom is -0.446 e. The normalized spacial score (nSPS) is 10.5. The molecule has 0 saturated carbocycles. The summed E-state index contributed by atoms with van der Waals surface area (Å²) in [6, 6.07) is 5.71. The molecule has 0 aliphatic heterocycles. The summed E-state index contributed by atoms with van der Waals surface area (Å²) in [6.45, 7) is 1.56. The van der Waals surface area contributed by atoms with Gasteiger partial charge in [0, 0.05) is 16.8 Å². The number of halogens is 2. The first-order valence-corrected chi connectivity index (χ1v) is 5.64. The van der Waals surface area contributed by atoms with E-state index in [1.165, 1.54) is 12.1 Å². The number of anilines is 1. The quantitative estimate of drug-likeness (QED) is 0.683. The first-order chi connectivity index (χ1) is 7.99. The van der Waals surface area contributed by atoms with Crippen molar-refractivity contribution < 1.29 is 13.6 Å². The lowest BCUT2D eigenvalue weighted by atomic mass is 10.0. The van der Waals surface area contributed by atoms with Gasteiger partial charge in [0.1, 0.15) is 5.82 Å². The fourth-order valence-corrected chi connectivity index (χ4v) is 1.72. The fourth-order valence-electron chi connectivity index (χ4n) is 1.41. The Morgan fingerprint density at radius 2 is 2.12 bits per heavy atom. The number of hydrogen-bond donors (Lipinski definition) is 1. The molecule has 0 bridgehead atoms. The molecule has 88 valence electrons. The molecule has 1 aromatic carbocycles. The number of carbonyl (C=O) groups excluding carboxylic acids is 1. The van der Waals surface area contributed by atoms with E-state index in [1.807, 2.05) is 0 Å². The smallest absolute Gasteiger partial charge is 0.228 e. The average molecular weight is 298 g/mol. The van der Waals surface area contributed by atoms with Crippen LogP contribution in [0.2, 0.25) is 0 Å². The number of rotatable bonds is 2. The Bertz CT molecular complexity index is 569. The molecule has 0 aliphatic carbocycles. The van der Waals surface area contributed by atoms with E-state index in [4.69, 9.17) is 10.2 Å². The van der Waals surface area contributed by atoms with E-state index in [0.29, 0.717) is 10.2 Å². The van der Waals surface area contributed by atoms with Gasteiger partial charge in [-0.15, -0.1) is 0 Å². The van der Waals surface area contributed by atoms with Crippen molar-refractivity contribution in [2.24, 2.45) is 0 Å². The second-order valence-electron chi connectivity index (χ2n) is 3.61. The molecule has 2 aromatic rings. The van der Waals surface area contributed by atoms with Crippen LogP contribution in [0, 0.1) is 12.7 Å². The minimum absolute atomic E-state index is 0.138. The van der Waals surface area contributed by atoms with Crippen molar-refractivity contribution in [3.8, 4) is 0 Å². The average Bonchev–Trinajstić information content (AvgIpc) is 2.71. The summed E-state index contributed by atoms with van der Waals surface area (Å²) in [6.07, 6.45) is 0. The monoisotopic (exact) mass is 297 g/mol. The van der Waals surface area contributed by atoms with E-state index in [2.05, 4.69) is 15.9 Å². The van der Waals surface area contributed by atoms with Crippen molar-refractivity contribution in [3.05, 3.63) is 51.6 Å². The number of hydrogen-bond acceptors (Lipinski definition) is 3. The van der Waals surface area contributed by atoms with Gasteiger partial charge in [0.25, 0.3) is 0 Å². The molecule has 3 nitrogen and oxygen atoms in total. The summed E-state index contributed by atoms with van der Waals surface area (Å²) in [5.74, 6) is -0.764. The summed E-state index contributed by atoms with van der Waals surface area (Å²) in [7, 11) is 0. The maximum Gasteiger partial charge on any atom is 0.228 e. The van der Waals surface area contributed by atoms with Crippen molar-refractivity contribution in [3.63, 3.8) is 0 Å².